The summed E-state index contributed by atoms with van der Waals surface area (Å²) < 4.78 is 38.7. The number of nitrogens with two attached hydrogens (primary N) is 1. The Labute approximate surface area is 135 Å². The van der Waals surface area contributed by atoms with Crippen molar-refractivity contribution in [3.05, 3.63) is 11.6 Å². The molecule has 0 spiro atoms. The molecule has 1 aromatic heterocycles. The molecule has 1 unspecified atom stereocenters. The van der Waals surface area contributed by atoms with Gasteiger partial charge in [-0.15, -0.1) is 10.2 Å². The van der Waals surface area contributed by atoms with Crippen LogP contribution in [-0.4, -0.2) is 68.2 Å². The first-order chi connectivity index (χ1) is 11.2. The zero-order valence-electron chi connectivity index (χ0n) is 13.0. The first-order valence-corrected chi connectivity index (χ1v) is 7.43. The Morgan fingerprint density at radius 3 is 2.50 bits per heavy atom. The molecule has 1 saturated heterocycles. The lowest BCUT2D eigenvalue weighted by molar-refractivity contribution is -0.168. The Bertz CT molecular complexity index is 667. The largest absolute Gasteiger partial charge is 0.401 e. The van der Waals surface area contributed by atoms with Gasteiger partial charge in [0.05, 0.1) is 25.6 Å². The van der Waals surface area contributed by atoms with Crippen molar-refractivity contribution < 1.29 is 22.8 Å². The summed E-state index contributed by atoms with van der Waals surface area (Å²) in [5.41, 5.74) is 5.40. The van der Waals surface area contributed by atoms with Crippen molar-refractivity contribution in [1.82, 2.24) is 24.6 Å². The zero-order valence-corrected chi connectivity index (χ0v) is 13.0. The molecule has 1 atom stereocenters. The van der Waals surface area contributed by atoms with E-state index >= 15 is 0 Å². The third kappa shape index (κ3) is 3.07. The summed E-state index contributed by atoms with van der Waals surface area (Å²) in [4.78, 5) is 26.7. The molecule has 0 bridgehead atoms. The Morgan fingerprint density at radius 1 is 1.25 bits per heavy atom. The van der Waals surface area contributed by atoms with E-state index in [2.05, 4.69) is 10.2 Å². The third-order valence-electron chi connectivity index (χ3n) is 4.38. The molecule has 0 radical (unpaired) electrons. The standard InChI is InChI=1S/C13H17F3N6O2/c1-7-18-19-10-5-22(9(11(17)23)4-21(7)10)12(24)8-2-20(3-8)6-13(14,15)16/h8-9H,2-6H2,1H3,(H2,17,23). The summed E-state index contributed by atoms with van der Waals surface area (Å²) in [7, 11) is 0. The molecule has 0 aromatic carbocycles. The molecule has 3 rings (SSSR count). The van der Waals surface area contributed by atoms with Crippen molar-refractivity contribution in [2.75, 3.05) is 19.6 Å². The van der Waals surface area contributed by atoms with Gasteiger partial charge in [-0.2, -0.15) is 13.2 Å². The minimum atomic E-state index is -4.29. The number of alkyl halides is 3. The number of hydrogen-bond donors (Lipinski definition) is 1. The monoisotopic (exact) mass is 346 g/mol. The van der Waals surface area contributed by atoms with Crippen molar-refractivity contribution in [2.24, 2.45) is 11.7 Å². The van der Waals surface area contributed by atoms with Gasteiger partial charge in [0, 0.05) is 13.1 Å². The number of carbonyl (C=O) groups excluding carboxylic acids is 2. The van der Waals surface area contributed by atoms with Crippen LogP contribution >= 0.6 is 0 Å². The van der Waals surface area contributed by atoms with Gasteiger partial charge in [0.1, 0.15) is 11.9 Å². The number of hydrogen-bond acceptors (Lipinski definition) is 5. The number of aromatic nitrogens is 3. The van der Waals surface area contributed by atoms with Crippen molar-refractivity contribution in [1.29, 1.82) is 0 Å². The second-order valence-corrected chi connectivity index (χ2v) is 6.16. The second kappa shape index (κ2) is 5.72. The Hall–Kier alpha value is -2.17. The van der Waals surface area contributed by atoms with Crippen LogP contribution in [0.4, 0.5) is 13.2 Å². The SMILES string of the molecule is Cc1nnc2n1CC(C(N)=O)N(C(=O)C1CN(CC(F)(F)F)C1)C2. The van der Waals surface area contributed by atoms with E-state index in [1.807, 2.05) is 0 Å². The quantitative estimate of drug-likeness (QED) is 0.779. The summed E-state index contributed by atoms with van der Waals surface area (Å²) in [6.07, 6.45) is -4.29. The highest BCUT2D eigenvalue weighted by Gasteiger charge is 2.44. The molecule has 0 aliphatic carbocycles. The Kier molecular flexibility index (Phi) is 3.98. The van der Waals surface area contributed by atoms with Gasteiger partial charge in [-0.05, 0) is 6.92 Å². The number of amides is 2. The number of nitrogens with zero attached hydrogens (tertiary/aromatic N) is 5. The molecule has 2 N–H and O–H groups in total. The van der Waals surface area contributed by atoms with E-state index < -0.39 is 30.6 Å². The van der Waals surface area contributed by atoms with Crippen LogP contribution in [0.2, 0.25) is 0 Å². The lowest BCUT2D eigenvalue weighted by Gasteiger charge is -2.43. The molecule has 2 aliphatic heterocycles. The lowest BCUT2D eigenvalue weighted by Crippen LogP contribution is -2.61. The second-order valence-electron chi connectivity index (χ2n) is 6.16. The van der Waals surface area contributed by atoms with E-state index in [0.717, 1.165) is 4.90 Å². The molecule has 8 nitrogen and oxygen atoms in total. The van der Waals surface area contributed by atoms with E-state index in [-0.39, 0.29) is 32.1 Å². The van der Waals surface area contributed by atoms with Crippen LogP contribution in [-0.2, 0) is 22.7 Å². The van der Waals surface area contributed by atoms with Crippen molar-refractivity contribution >= 4 is 11.8 Å². The minimum absolute atomic E-state index is 0.0199. The molecule has 0 saturated carbocycles. The minimum Gasteiger partial charge on any atom is -0.368 e. The van der Waals surface area contributed by atoms with Crippen LogP contribution in [0.1, 0.15) is 11.6 Å². The van der Waals surface area contributed by atoms with E-state index in [0.29, 0.717) is 11.6 Å². The van der Waals surface area contributed by atoms with Gasteiger partial charge in [0.25, 0.3) is 0 Å². The van der Waals surface area contributed by atoms with Crippen LogP contribution in [0.25, 0.3) is 0 Å². The van der Waals surface area contributed by atoms with E-state index in [9.17, 15) is 22.8 Å². The van der Waals surface area contributed by atoms with Gasteiger partial charge >= 0.3 is 6.18 Å². The molecule has 2 aliphatic rings. The maximum atomic E-state index is 12.6. The highest BCUT2D eigenvalue weighted by atomic mass is 19.4. The number of aryl methyl sites for hydroxylation is 1. The average molecular weight is 346 g/mol. The summed E-state index contributed by atoms with van der Waals surface area (Å²) in [6, 6.07) is -0.851. The van der Waals surface area contributed by atoms with Crippen LogP contribution in [0, 0.1) is 12.8 Å². The van der Waals surface area contributed by atoms with Gasteiger partial charge in [-0.1, -0.05) is 0 Å². The normalized spacial score (nSPS) is 22.2. The maximum absolute atomic E-state index is 12.6. The van der Waals surface area contributed by atoms with Gasteiger partial charge in [-0.25, -0.2) is 0 Å². The fourth-order valence-electron chi connectivity index (χ4n) is 3.13. The number of rotatable bonds is 3. The molecule has 3 heterocycles. The summed E-state index contributed by atoms with van der Waals surface area (Å²) in [5.74, 6) is -0.448. The molecular weight excluding hydrogens is 329 g/mol. The molecule has 24 heavy (non-hydrogen) atoms. The smallest absolute Gasteiger partial charge is 0.368 e. The van der Waals surface area contributed by atoms with Crippen LogP contribution < -0.4 is 5.73 Å². The van der Waals surface area contributed by atoms with E-state index in [4.69, 9.17) is 5.73 Å². The topological polar surface area (TPSA) is 97.4 Å². The molecule has 1 aromatic rings. The molecule has 2 amide bonds. The fraction of sp³-hybridized carbons (Fsp3) is 0.692. The van der Waals surface area contributed by atoms with Crippen LogP contribution in [0.5, 0.6) is 0 Å². The van der Waals surface area contributed by atoms with E-state index in [1.54, 1.807) is 11.5 Å². The zero-order chi connectivity index (χ0) is 17.6. The first-order valence-electron chi connectivity index (χ1n) is 7.43. The number of likely N-dealkylation sites (tertiary alicyclic amines) is 1. The van der Waals surface area contributed by atoms with Gasteiger partial charge < -0.3 is 15.2 Å². The lowest BCUT2D eigenvalue weighted by atomic mass is 9.96. The predicted molar refractivity (Wildman–Crippen MR) is 74.3 cm³/mol. The van der Waals surface area contributed by atoms with Crippen LogP contribution in [0.15, 0.2) is 0 Å². The summed E-state index contributed by atoms with van der Waals surface area (Å²) in [5, 5.41) is 7.86. The Balaban J connectivity index is 1.69. The first kappa shape index (κ1) is 16.7. The predicted octanol–water partition coefficient (Wildman–Crippen LogP) is -0.723. The molecular formula is C13H17F3N6O2. The highest BCUT2D eigenvalue weighted by Crippen LogP contribution is 2.27. The van der Waals surface area contributed by atoms with Gasteiger partial charge in [-0.3, -0.25) is 14.5 Å². The van der Waals surface area contributed by atoms with Gasteiger partial charge in [0.15, 0.2) is 5.82 Å². The average Bonchev–Trinajstić information content (AvgIpc) is 2.80. The number of primary amides is 1. The van der Waals surface area contributed by atoms with Crippen molar-refractivity contribution in [3.63, 3.8) is 0 Å². The molecule has 1 fully saturated rings. The number of fused-ring (bicyclic) bond motifs is 1. The van der Waals surface area contributed by atoms with Gasteiger partial charge in [0.2, 0.25) is 11.8 Å². The maximum Gasteiger partial charge on any atom is 0.401 e. The molecule has 11 heteroatoms. The van der Waals surface area contributed by atoms with Crippen molar-refractivity contribution in [3.8, 4) is 0 Å². The fourth-order valence-corrected chi connectivity index (χ4v) is 3.13. The van der Waals surface area contributed by atoms with E-state index in [1.165, 1.54) is 4.90 Å². The molecule has 132 valence electrons. The number of halogens is 3. The highest BCUT2D eigenvalue weighted by molar-refractivity contribution is 5.88. The third-order valence-corrected chi connectivity index (χ3v) is 4.38. The Morgan fingerprint density at radius 2 is 1.92 bits per heavy atom. The number of carbonyl (C=O) groups is 2. The summed E-state index contributed by atoms with van der Waals surface area (Å²) >= 11 is 0. The summed E-state index contributed by atoms with van der Waals surface area (Å²) in [6.45, 7) is 0.964. The van der Waals surface area contributed by atoms with Crippen molar-refractivity contribution in [2.45, 2.75) is 32.2 Å². The van der Waals surface area contributed by atoms with Crippen LogP contribution in [0.3, 0.4) is 0 Å².